The van der Waals surface area contributed by atoms with Gasteiger partial charge in [0.25, 0.3) is 0 Å². The third-order valence-corrected chi connectivity index (χ3v) is 10.3. The molecule has 0 atom stereocenters. The van der Waals surface area contributed by atoms with Crippen molar-refractivity contribution in [2.75, 3.05) is 14.2 Å². The molecule has 0 bridgehead atoms. The van der Waals surface area contributed by atoms with Crippen LogP contribution in [0, 0.1) is 0 Å². The molecule has 4 nitrogen and oxygen atoms in total. The molecule has 0 heterocycles. The predicted molar refractivity (Wildman–Crippen MR) is 138 cm³/mol. The highest BCUT2D eigenvalue weighted by molar-refractivity contribution is 7.95. The summed E-state index contributed by atoms with van der Waals surface area (Å²) in [6, 6.07) is 36.2. The Morgan fingerprint density at radius 3 is 1.47 bits per heavy atom. The summed E-state index contributed by atoms with van der Waals surface area (Å²) in [6.07, 6.45) is 0.542. The van der Waals surface area contributed by atoms with Gasteiger partial charge in [0, 0.05) is 5.56 Å². The summed E-state index contributed by atoms with van der Waals surface area (Å²) < 4.78 is 10.0. The lowest BCUT2D eigenvalue weighted by atomic mass is 10.1. The second kappa shape index (κ2) is 10.5. The van der Waals surface area contributed by atoms with Crippen LogP contribution in [-0.2, 0) is 15.6 Å². The Kier molecular flexibility index (Phi) is 7.20. The van der Waals surface area contributed by atoms with E-state index < -0.39 is 19.2 Å². The van der Waals surface area contributed by atoms with Crippen molar-refractivity contribution in [3.8, 4) is 0 Å². The van der Waals surface area contributed by atoms with Crippen molar-refractivity contribution in [2.45, 2.75) is 6.16 Å². The zero-order valence-corrected chi connectivity index (χ0v) is 20.1. The lowest BCUT2D eigenvalue weighted by molar-refractivity contribution is 0.0586. The third kappa shape index (κ3) is 4.50. The highest BCUT2D eigenvalue weighted by atomic mass is 31.2. The number of rotatable bonds is 7. The average Bonchev–Trinajstić information content (AvgIpc) is 2.92. The van der Waals surface area contributed by atoms with E-state index in [1.807, 2.05) is 54.6 Å². The van der Waals surface area contributed by atoms with Crippen LogP contribution < -0.4 is 15.9 Å². The van der Waals surface area contributed by atoms with E-state index in [2.05, 4.69) is 36.4 Å². The summed E-state index contributed by atoms with van der Waals surface area (Å²) in [5, 5.41) is 3.56. The van der Waals surface area contributed by atoms with Gasteiger partial charge in [0.15, 0.2) is 0 Å². The zero-order chi connectivity index (χ0) is 24.0. The molecule has 0 spiro atoms. The number of benzene rings is 4. The summed E-state index contributed by atoms with van der Waals surface area (Å²) in [5.74, 6) is -0.876. The maximum Gasteiger partial charge on any atom is 0.338 e. The number of esters is 2. The summed E-state index contributed by atoms with van der Waals surface area (Å²) in [5.41, 5.74) is 1.60. The van der Waals surface area contributed by atoms with Crippen molar-refractivity contribution in [1.29, 1.82) is 0 Å². The Bertz CT molecular complexity index is 1170. The minimum atomic E-state index is -2.27. The first-order valence-electron chi connectivity index (χ1n) is 10.9. The summed E-state index contributed by atoms with van der Waals surface area (Å²) in [7, 11) is 0.451. The normalized spacial score (nSPS) is 11.0. The Balaban J connectivity index is 2.03. The fourth-order valence-corrected chi connectivity index (χ4v) is 8.56. The van der Waals surface area contributed by atoms with Gasteiger partial charge in [-0.2, -0.15) is 0 Å². The number of hydrogen-bond acceptors (Lipinski definition) is 4. The van der Waals surface area contributed by atoms with Gasteiger partial charge in [-0.1, -0.05) is 54.6 Å². The van der Waals surface area contributed by atoms with E-state index in [9.17, 15) is 9.59 Å². The summed E-state index contributed by atoms with van der Waals surface area (Å²) >= 11 is 0. The lowest BCUT2D eigenvalue weighted by Gasteiger charge is -2.28. The molecule has 0 N–H and O–H groups in total. The molecule has 4 rings (SSSR count). The minimum absolute atomic E-state index is 0.400. The molecular formula is C29H26O4P+. The van der Waals surface area contributed by atoms with Gasteiger partial charge in [-0.05, 0) is 54.6 Å². The first kappa shape index (κ1) is 23.4. The molecule has 0 aliphatic carbocycles. The molecule has 0 aliphatic rings. The van der Waals surface area contributed by atoms with E-state index >= 15 is 0 Å². The molecule has 4 aromatic carbocycles. The van der Waals surface area contributed by atoms with Gasteiger partial charge in [0.1, 0.15) is 23.2 Å². The highest BCUT2D eigenvalue weighted by Gasteiger charge is 2.46. The highest BCUT2D eigenvalue weighted by Crippen LogP contribution is 2.58. The number of carbonyl (C=O) groups excluding carboxylic acids is 2. The van der Waals surface area contributed by atoms with Crippen molar-refractivity contribution >= 4 is 35.1 Å². The Labute approximate surface area is 200 Å². The van der Waals surface area contributed by atoms with Crippen LogP contribution in [0.5, 0.6) is 0 Å². The van der Waals surface area contributed by atoms with Crippen molar-refractivity contribution in [2.24, 2.45) is 0 Å². The maximum absolute atomic E-state index is 12.8. The molecule has 0 saturated heterocycles. The monoisotopic (exact) mass is 469 g/mol. The van der Waals surface area contributed by atoms with Crippen LogP contribution in [0.15, 0.2) is 109 Å². The van der Waals surface area contributed by atoms with Crippen LogP contribution in [0.4, 0.5) is 0 Å². The van der Waals surface area contributed by atoms with Crippen LogP contribution in [-0.4, -0.2) is 26.2 Å². The molecule has 0 radical (unpaired) electrons. The van der Waals surface area contributed by atoms with E-state index in [0.717, 1.165) is 5.56 Å². The molecule has 0 aliphatic heterocycles. The Hall–Kier alpha value is -3.75. The van der Waals surface area contributed by atoms with E-state index in [-0.39, 0.29) is 0 Å². The predicted octanol–water partition coefficient (Wildman–Crippen LogP) is 4.75. The molecule has 0 aromatic heterocycles. The van der Waals surface area contributed by atoms with E-state index in [1.165, 1.54) is 30.1 Å². The van der Waals surface area contributed by atoms with Crippen LogP contribution in [0.3, 0.4) is 0 Å². The average molecular weight is 469 g/mol. The molecule has 4 aromatic rings. The maximum atomic E-state index is 12.8. The summed E-state index contributed by atoms with van der Waals surface area (Å²) in [4.78, 5) is 25.1. The van der Waals surface area contributed by atoms with Gasteiger partial charge < -0.3 is 9.47 Å². The van der Waals surface area contributed by atoms with Gasteiger partial charge in [0.2, 0.25) is 0 Å². The SMILES string of the molecule is COC(=O)c1ccc(C(=O)OC)c(C[P+](c2ccccc2)(c2ccccc2)c2ccccc2)c1. The topological polar surface area (TPSA) is 52.6 Å². The van der Waals surface area contributed by atoms with E-state index in [0.29, 0.717) is 17.3 Å². The smallest absolute Gasteiger partial charge is 0.338 e. The van der Waals surface area contributed by atoms with E-state index in [4.69, 9.17) is 9.47 Å². The Morgan fingerprint density at radius 1 is 0.618 bits per heavy atom. The van der Waals surface area contributed by atoms with Crippen molar-refractivity contribution < 1.29 is 19.1 Å². The van der Waals surface area contributed by atoms with Gasteiger partial charge in [-0.3, -0.25) is 0 Å². The molecule has 0 unspecified atom stereocenters. The number of methoxy groups -OCH3 is 2. The van der Waals surface area contributed by atoms with Crippen LogP contribution in [0.1, 0.15) is 26.3 Å². The number of carbonyl (C=O) groups is 2. The second-order valence-corrected chi connectivity index (χ2v) is 11.3. The van der Waals surface area contributed by atoms with E-state index in [1.54, 1.807) is 18.2 Å². The third-order valence-electron chi connectivity index (χ3n) is 5.93. The van der Waals surface area contributed by atoms with Gasteiger partial charge in [-0.25, -0.2) is 9.59 Å². The van der Waals surface area contributed by atoms with Crippen LogP contribution in [0.2, 0.25) is 0 Å². The van der Waals surface area contributed by atoms with Crippen molar-refractivity contribution in [3.05, 3.63) is 126 Å². The first-order valence-corrected chi connectivity index (χ1v) is 12.9. The summed E-state index contributed by atoms with van der Waals surface area (Å²) in [6.45, 7) is 0. The molecule has 0 saturated carbocycles. The fraction of sp³-hybridized carbons (Fsp3) is 0.103. The number of hydrogen-bond donors (Lipinski definition) is 0. The molecule has 170 valence electrons. The largest absolute Gasteiger partial charge is 0.465 e. The van der Waals surface area contributed by atoms with Crippen molar-refractivity contribution in [3.63, 3.8) is 0 Å². The second-order valence-electron chi connectivity index (χ2n) is 7.83. The van der Waals surface area contributed by atoms with Crippen molar-refractivity contribution in [1.82, 2.24) is 0 Å². The first-order chi connectivity index (χ1) is 16.6. The van der Waals surface area contributed by atoms with Gasteiger partial charge in [-0.15, -0.1) is 0 Å². The number of ether oxygens (including phenoxy) is 2. The zero-order valence-electron chi connectivity index (χ0n) is 19.2. The molecule has 0 fully saturated rings. The van der Waals surface area contributed by atoms with Crippen LogP contribution >= 0.6 is 7.26 Å². The Morgan fingerprint density at radius 2 is 1.06 bits per heavy atom. The van der Waals surface area contributed by atoms with Crippen LogP contribution in [0.25, 0.3) is 0 Å². The fourth-order valence-electron chi connectivity index (χ4n) is 4.30. The quantitative estimate of drug-likeness (QED) is 0.290. The standard InChI is InChI=1S/C29H26O4P/c1-32-28(30)22-18-19-27(29(31)33-2)23(20-22)21-34(24-12-6-3-7-13-24,25-14-8-4-9-15-25)26-16-10-5-11-17-26/h3-20H,21H2,1-2H3/q+1. The van der Waals surface area contributed by atoms with Gasteiger partial charge >= 0.3 is 11.9 Å². The molecule has 34 heavy (non-hydrogen) atoms. The van der Waals surface area contributed by atoms with Gasteiger partial charge in [0.05, 0.1) is 31.5 Å². The molecule has 0 amide bonds. The molecule has 5 heteroatoms. The lowest BCUT2D eigenvalue weighted by Crippen LogP contribution is -2.33. The minimum Gasteiger partial charge on any atom is -0.465 e. The molecular weight excluding hydrogens is 443 g/mol.